The van der Waals surface area contributed by atoms with Crippen LogP contribution in [0.5, 0.6) is 0 Å². The Bertz CT molecular complexity index is 607. The van der Waals surface area contributed by atoms with Crippen LogP contribution < -0.4 is 11.1 Å². The van der Waals surface area contributed by atoms with Crippen LogP contribution in [0.2, 0.25) is 0 Å². The molecule has 2 heterocycles. The Morgan fingerprint density at radius 1 is 1.55 bits per heavy atom. The van der Waals surface area contributed by atoms with E-state index in [-0.39, 0.29) is 17.9 Å². The Morgan fingerprint density at radius 2 is 2.32 bits per heavy atom. The SMILES string of the molecule is CC(C)CC(C)(CN)NC(=O)Cc1coc(-c2cccs2)n1. The Balaban J connectivity index is 1.97. The minimum Gasteiger partial charge on any atom is -0.444 e. The normalized spacial score (nSPS) is 14.0. The van der Waals surface area contributed by atoms with Crippen molar-refractivity contribution in [2.24, 2.45) is 11.7 Å². The molecule has 0 aliphatic rings. The van der Waals surface area contributed by atoms with Gasteiger partial charge < -0.3 is 15.5 Å². The molecule has 1 unspecified atom stereocenters. The molecule has 22 heavy (non-hydrogen) atoms. The number of amides is 1. The van der Waals surface area contributed by atoms with Crippen LogP contribution in [-0.4, -0.2) is 23.0 Å². The maximum absolute atomic E-state index is 12.2. The molecule has 1 amide bonds. The van der Waals surface area contributed by atoms with E-state index in [2.05, 4.69) is 24.1 Å². The first-order chi connectivity index (χ1) is 10.4. The molecule has 120 valence electrons. The fourth-order valence-electron chi connectivity index (χ4n) is 2.53. The van der Waals surface area contributed by atoms with Crippen molar-refractivity contribution in [2.45, 2.75) is 39.2 Å². The second-order valence-corrected chi connectivity index (χ2v) is 7.16. The van der Waals surface area contributed by atoms with Crippen molar-refractivity contribution in [3.8, 4) is 10.8 Å². The van der Waals surface area contributed by atoms with Crippen molar-refractivity contribution >= 4 is 17.2 Å². The summed E-state index contributed by atoms with van der Waals surface area (Å²) in [6, 6.07) is 3.88. The van der Waals surface area contributed by atoms with E-state index in [9.17, 15) is 4.79 Å². The zero-order valence-electron chi connectivity index (χ0n) is 13.3. The molecule has 6 heteroatoms. The fourth-order valence-corrected chi connectivity index (χ4v) is 3.19. The number of nitrogens with one attached hydrogen (secondary N) is 1. The van der Waals surface area contributed by atoms with Gasteiger partial charge in [-0.2, -0.15) is 0 Å². The van der Waals surface area contributed by atoms with E-state index in [0.717, 1.165) is 11.3 Å². The number of hydrogen-bond donors (Lipinski definition) is 2. The molecule has 0 saturated carbocycles. The predicted octanol–water partition coefficient (Wildman–Crippen LogP) is 2.83. The molecule has 0 bridgehead atoms. The van der Waals surface area contributed by atoms with Gasteiger partial charge in [-0.1, -0.05) is 19.9 Å². The highest BCUT2D eigenvalue weighted by Gasteiger charge is 2.26. The van der Waals surface area contributed by atoms with Crippen LogP contribution in [0.3, 0.4) is 0 Å². The smallest absolute Gasteiger partial charge is 0.236 e. The van der Waals surface area contributed by atoms with Crippen molar-refractivity contribution in [1.82, 2.24) is 10.3 Å². The molecule has 2 aromatic heterocycles. The summed E-state index contributed by atoms with van der Waals surface area (Å²) in [5, 5.41) is 4.99. The summed E-state index contributed by atoms with van der Waals surface area (Å²) in [7, 11) is 0. The summed E-state index contributed by atoms with van der Waals surface area (Å²) >= 11 is 1.56. The Kier molecular flexibility index (Phi) is 5.37. The monoisotopic (exact) mass is 321 g/mol. The van der Waals surface area contributed by atoms with Gasteiger partial charge in [0.1, 0.15) is 6.26 Å². The van der Waals surface area contributed by atoms with Gasteiger partial charge in [-0.25, -0.2) is 4.98 Å². The van der Waals surface area contributed by atoms with E-state index >= 15 is 0 Å². The third-order valence-electron chi connectivity index (χ3n) is 3.38. The highest BCUT2D eigenvalue weighted by Crippen LogP contribution is 2.23. The molecule has 0 fully saturated rings. The molecule has 1 atom stereocenters. The van der Waals surface area contributed by atoms with Crippen molar-refractivity contribution in [2.75, 3.05) is 6.54 Å². The number of carbonyl (C=O) groups excluding carboxylic acids is 1. The summed E-state index contributed by atoms with van der Waals surface area (Å²) in [6.07, 6.45) is 2.58. The first kappa shape index (κ1) is 16.7. The van der Waals surface area contributed by atoms with Gasteiger partial charge in [0.25, 0.3) is 0 Å². The van der Waals surface area contributed by atoms with Gasteiger partial charge in [-0.15, -0.1) is 11.3 Å². The summed E-state index contributed by atoms with van der Waals surface area (Å²) in [6.45, 7) is 6.62. The molecule has 3 N–H and O–H groups in total. The van der Waals surface area contributed by atoms with E-state index in [0.29, 0.717) is 24.0 Å². The van der Waals surface area contributed by atoms with E-state index in [1.165, 1.54) is 6.26 Å². The van der Waals surface area contributed by atoms with Crippen LogP contribution in [0.1, 0.15) is 32.9 Å². The number of nitrogens with two attached hydrogens (primary N) is 1. The van der Waals surface area contributed by atoms with Gasteiger partial charge >= 0.3 is 0 Å². The number of rotatable bonds is 7. The zero-order chi connectivity index (χ0) is 16.2. The second-order valence-electron chi connectivity index (χ2n) is 6.21. The molecule has 0 aromatic carbocycles. The molecular weight excluding hydrogens is 298 g/mol. The Morgan fingerprint density at radius 3 is 2.91 bits per heavy atom. The van der Waals surface area contributed by atoms with Crippen molar-refractivity contribution in [3.63, 3.8) is 0 Å². The number of thiophene rings is 1. The van der Waals surface area contributed by atoms with E-state index in [4.69, 9.17) is 10.2 Å². The average Bonchev–Trinajstić information content (AvgIpc) is 3.07. The van der Waals surface area contributed by atoms with Gasteiger partial charge in [0.2, 0.25) is 11.8 Å². The number of nitrogens with zero attached hydrogens (tertiary/aromatic N) is 1. The van der Waals surface area contributed by atoms with Crippen LogP contribution in [0.4, 0.5) is 0 Å². The van der Waals surface area contributed by atoms with E-state index in [1.54, 1.807) is 11.3 Å². The van der Waals surface area contributed by atoms with Gasteiger partial charge in [-0.05, 0) is 30.7 Å². The van der Waals surface area contributed by atoms with Crippen LogP contribution in [0, 0.1) is 5.92 Å². The predicted molar refractivity (Wildman–Crippen MR) is 88.6 cm³/mol. The molecule has 5 nitrogen and oxygen atoms in total. The molecule has 0 aliphatic carbocycles. The lowest BCUT2D eigenvalue weighted by Crippen LogP contribution is -2.52. The first-order valence-corrected chi connectivity index (χ1v) is 8.29. The molecule has 0 spiro atoms. The fraction of sp³-hybridized carbons (Fsp3) is 0.500. The Hall–Kier alpha value is -1.66. The van der Waals surface area contributed by atoms with Crippen molar-refractivity contribution in [1.29, 1.82) is 0 Å². The molecular formula is C16H23N3O2S. The first-order valence-electron chi connectivity index (χ1n) is 7.41. The van der Waals surface area contributed by atoms with Crippen LogP contribution in [0.25, 0.3) is 10.8 Å². The maximum atomic E-state index is 12.2. The van der Waals surface area contributed by atoms with Crippen LogP contribution in [0.15, 0.2) is 28.2 Å². The third-order valence-corrected chi connectivity index (χ3v) is 4.23. The molecule has 0 aliphatic heterocycles. The summed E-state index contributed by atoms with van der Waals surface area (Å²) in [4.78, 5) is 17.5. The van der Waals surface area contributed by atoms with Crippen LogP contribution >= 0.6 is 11.3 Å². The number of hydrogen-bond acceptors (Lipinski definition) is 5. The maximum Gasteiger partial charge on any atom is 0.236 e. The topological polar surface area (TPSA) is 81.1 Å². The number of carbonyl (C=O) groups is 1. The van der Waals surface area contributed by atoms with Gasteiger partial charge in [0, 0.05) is 12.1 Å². The number of aromatic nitrogens is 1. The Labute approximate surface area is 134 Å². The lowest BCUT2D eigenvalue weighted by Gasteiger charge is -2.31. The zero-order valence-corrected chi connectivity index (χ0v) is 14.1. The van der Waals surface area contributed by atoms with Crippen LogP contribution in [-0.2, 0) is 11.2 Å². The van der Waals surface area contributed by atoms with Crippen molar-refractivity contribution in [3.05, 3.63) is 29.5 Å². The quantitative estimate of drug-likeness (QED) is 0.821. The standard InChI is InChI=1S/C16H23N3O2S/c1-11(2)8-16(3,10-17)19-14(20)7-12-9-21-15(18-12)13-5-4-6-22-13/h4-6,9,11H,7-8,10,17H2,1-3H3,(H,19,20). The molecule has 2 rings (SSSR count). The third kappa shape index (κ3) is 4.42. The van der Waals surface area contributed by atoms with Gasteiger partial charge in [-0.3, -0.25) is 4.79 Å². The highest BCUT2D eigenvalue weighted by molar-refractivity contribution is 7.13. The molecule has 2 aromatic rings. The average molecular weight is 321 g/mol. The van der Waals surface area contributed by atoms with Crippen molar-refractivity contribution < 1.29 is 9.21 Å². The minimum absolute atomic E-state index is 0.0837. The highest BCUT2D eigenvalue weighted by atomic mass is 32.1. The lowest BCUT2D eigenvalue weighted by molar-refractivity contribution is -0.122. The molecule has 0 radical (unpaired) electrons. The van der Waals surface area contributed by atoms with Gasteiger partial charge in [0.15, 0.2) is 0 Å². The molecule has 0 saturated heterocycles. The summed E-state index contributed by atoms with van der Waals surface area (Å²) < 4.78 is 5.43. The second kappa shape index (κ2) is 7.07. The summed E-state index contributed by atoms with van der Waals surface area (Å²) in [5.74, 6) is 0.938. The van der Waals surface area contributed by atoms with E-state index < -0.39 is 0 Å². The lowest BCUT2D eigenvalue weighted by atomic mass is 9.90. The summed E-state index contributed by atoms with van der Waals surface area (Å²) in [5.41, 5.74) is 6.06. The largest absolute Gasteiger partial charge is 0.444 e. The van der Waals surface area contributed by atoms with E-state index in [1.807, 2.05) is 24.4 Å². The number of oxazole rings is 1. The van der Waals surface area contributed by atoms with Gasteiger partial charge in [0.05, 0.1) is 17.0 Å². The minimum atomic E-state index is -0.383.